The Hall–Kier alpha value is -2.30. The van der Waals surface area contributed by atoms with E-state index in [0.29, 0.717) is 6.54 Å². The Morgan fingerprint density at radius 1 is 1.14 bits per heavy atom. The minimum absolute atomic E-state index is 0.0220. The van der Waals surface area contributed by atoms with Crippen molar-refractivity contribution in [3.8, 4) is 11.5 Å². The van der Waals surface area contributed by atoms with Crippen molar-refractivity contribution in [1.29, 1.82) is 0 Å². The van der Waals surface area contributed by atoms with E-state index in [1.165, 1.54) is 0 Å². The number of benzene rings is 1. The van der Waals surface area contributed by atoms with E-state index in [9.17, 15) is 0 Å². The lowest BCUT2D eigenvalue weighted by molar-refractivity contribution is 0.234. The molecule has 0 bridgehead atoms. The van der Waals surface area contributed by atoms with Gasteiger partial charge in [0.15, 0.2) is 0 Å². The summed E-state index contributed by atoms with van der Waals surface area (Å²) in [5, 5.41) is 3.30. The number of aromatic nitrogens is 2. The number of ether oxygens (including phenoxy) is 2. The molecule has 0 fully saturated rings. The average Bonchev–Trinajstić information content (AvgIpc) is 2.53. The monoisotopic (exact) mass is 301 g/mol. The Morgan fingerprint density at radius 3 is 2.45 bits per heavy atom. The van der Waals surface area contributed by atoms with E-state index in [2.05, 4.69) is 22.2 Å². The Kier molecular flexibility index (Phi) is 5.58. The predicted octanol–water partition coefficient (Wildman–Crippen LogP) is 3.24. The van der Waals surface area contributed by atoms with E-state index in [-0.39, 0.29) is 6.10 Å². The first-order valence-electron chi connectivity index (χ1n) is 7.50. The fraction of sp³-hybridized carbons (Fsp3) is 0.412. The van der Waals surface area contributed by atoms with Crippen molar-refractivity contribution in [2.75, 3.05) is 19.0 Å². The molecule has 0 aliphatic carbocycles. The maximum absolute atomic E-state index is 5.86. The summed E-state index contributed by atoms with van der Waals surface area (Å²) in [5.74, 6) is 3.27. The van der Waals surface area contributed by atoms with Crippen LogP contribution in [-0.2, 0) is 6.42 Å². The van der Waals surface area contributed by atoms with Gasteiger partial charge < -0.3 is 14.8 Å². The summed E-state index contributed by atoms with van der Waals surface area (Å²) >= 11 is 0. The highest BCUT2D eigenvalue weighted by Crippen LogP contribution is 2.18. The Balaban J connectivity index is 1.89. The van der Waals surface area contributed by atoms with Crippen LogP contribution >= 0.6 is 0 Å². The maximum atomic E-state index is 5.86. The molecular formula is C17H23N3O2. The molecule has 0 saturated heterocycles. The molecule has 0 radical (unpaired) electrons. The SMILES string of the molecule is CCc1cc(NCC(C)Oc2ccc(OC)cc2)nc(C)n1. The predicted molar refractivity (Wildman–Crippen MR) is 87.7 cm³/mol. The molecule has 0 aliphatic heterocycles. The van der Waals surface area contributed by atoms with Crippen molar-refractivity contribution in [3.63, 3.8) is 0 Å². The summed E-state index contributed by atoms with van der Waals surface area (Å²) in [6.45, 7) is 6.68. The van der Waals surface area contributed by atoms with Gasteiger partial charge in [-0.05, 0) is 44.5 Å². The average molecular weight is 301 g/mol. The topological polar surface area (TPSA) is 56.3 Å². The smallest absolute Gasteiger partial charge is 0.130 e. The van der Waals surface area contributed by atoms with Crippen molar-refractivity contribution >= 4 is 5.82 Å². The summed E-state index contributed by atoms with van der Waals surface area (Å²) in [6, 6.07) is 9.55. The molecule has 1 atom stereocenters. The normalized spacial score (nSPS) is 11.8. The Labute approximate surface area is 131 Å². The van der Waals surface area contributed by atoms with Gasteiger partial charge in [0, 0.05) is 11.8 Å². The second-order valence-electron chi connectivity index (χ2n) is 5.13. The number of rotatable bonds is 7. The van der Waals surface area contributed by atoms with Crippen molar-refractivity contribution in [3.05, 3.63) is 41.9 Å². The van der Waals surface area contributed by atoms with Crippen LogP contribution in [0.4, 0.5) is 5.82 Å². The van der Waals surface area contributed by atoms with Crippen LogP contribution in [0.1, 0.15) is 25.4 Å². The minimum Gasteiger partial charge on any atom is -0.497 e. The van der Waals surface area contributed by atoms with E-state index in [0.717, 1.165) is 35.3 Å². The van der Waals surface area contributed by atoms with Crippen molar-refractivity contribution < 1.29 is 9.47 Å². The van der Waals surface area contributed by atoms with Gasteiger partial charge in [-0.1, -0.05) is 6.92 Å². The highest BCUT2D eigenvalue weighted by molar-refractivity contribution is 5.36. The van der Waals surface area contributed by atoms with E-state index in [1.807, 2.05) is 44.2 Å². The second-order valence-corrected chi connectivity index (χ2v) is 5.13. The number of hydrogen-bond acceptors (Lipinski definition) is 5. The molecule has 1 unspecified atom stereocenters. The molecule has 0 aliphatic rings. The summed E-state index contributed by atoms with van der Waals surface area (Å²) in [5.41, 5.74) is 1.04. The maximum Gasteiger partial charge on any atom is 0.130 e. The zero-order chi connectivity index (χ0) is 15.9. The molecule has 1 aromatic carbocycles. The van der Waals surface area contributed by atoms with Crippen LogP contribution in [0.15, 0.2) is 30.3 Å². The summed E-state index contributed by atoms with van der Waals surface area (Å²) in [6.07, 6.45) is 0.921. The third-order valence-corrected chi connectivity index (χ3v) is 3.22. The molecule has 1 N–H and O–H groups in total. The van der Waals surface area contributed by atoms with E-state index in [1.54, 1.807) is 7.11 Å². The fourth-order valence-corrected chi connectivity index (χ4v) is 2.08. The molecule has 1 aromatic heterocycles. The van der Waals surface area contributed by atoms with Gasteiger partial charge >= 0.3 is 0 Å². The van der Waals surface area contributed by atoms with Crippen LogP contribution in [0.5, 0.6) is 11.5 Å². The molecule has 0 amide bonds. The molecule has 2 aromatic rings. The summed E-state index contributed by atoms with van der Waals surface area (Å²) in [4.78, 5) is 8.76. The minimum atomic E-state index is 0.0220. The number of nitrogens with one attached hydrogen (secondary N) is 1. The van der Waals surface area contributed by atoms with Crippen LogP contribution < -0.4 is 14.8 Å². The molecule has 5 heteroatoms. The quantitative estimate of drug-likeness (QED) is 0.851. The summed E-state index contributed by atoms with van der Waals surface area (Å²) < 4.78 is 11.0. The lowest BCUT2D eigenvalue weighted by Gasteiger charge is -2.16. The Bertz CT molecular complexity index is 599. The van der Waals surface area contributed by atoms with Gasteiger partial charge in [0.1, 0.15) is 29.2 Å². The first-order chi connectivity index (χ1) is 10.6. The van der Waals surface area contributed by atoms with Crippen molar-refractivity contribution in [2.24, 2.45) is 0 Å². The highest BCUT2D eigenvalue weighted by atomic mass is 16.5. The van der Waals surface area contributed by atoms with Crippen molar-refractivity contribution in [1.82, 2.24) is 9.97 Å². The molecule has 5 nitrogen and oxygen atoms in total. The molecule has 22 heavy (non-hydrogen) atoms. The van der Waals surface area contributed by atoms with Crippen LogP contribution in [0.3, 0.4) is 0 Å². The van der Waals surface area contributed by atoms with E-state index in [4.69, 9.17) is 9.47 Å². The molecule has 0 saturated carbocycles. The second kappa shape index (κ2) is 7.64. The number of aryl methyl sites for hydroxylation is 2. The molecule has 2 rings (SSSR count). The molecule has 118 valence electrons. The van der Waals surface area contributed by atoms with Gasteiger partial charge in [0.2, 0.25) is 0 Å². The summed E-state index contributed by atoms with van der Waals surface area (Å²) in [7, 11) is 1.65. The van der Waals surface area contributed by atoms with Crippen LogP contribution in [0, 0.1) is 6.92 Å². The van der Waals surface area contributed by atoms with Gasteiger partial charge in [0.05, 0.1) is 13.7 Å². The lowest BCUT2D eigenvalue weighted by atomic mass is 10.3. The fourth-order valence-electron chi connectivity index (χ4n) is 2.08. The third-order valence-electron chi connectivity index (χ3n) is 3.22. The van der Waals surface area contributed by atoms with Crippen LogP contribution in [0.2, 0.25) is 0 Å². The number of methoxy groups -OCH3 is 1. The molecule has 0 spiro atoms. The van der Waals surface area contributed by atoms with Crippen LogP contribution in [-0.4, -0.2) is 29.7 Å². The van der Waals surface area contributed by atoms with E-state index >= 15 is 0 Å². The molecule has 1 heterocycles. The van der Waals surface area contributed by atoms with Gasteiger partial charge in [-0.25, -0.2) is 9.97 Å². The zero-order valence-corrected chi connectivity index (χ0v) is 13.6. The lowest BCUT2D eigenvalue weighted by Crippen LogP contribution is -2.23. The molecular weight excluding hydrogens is 278 g/mol. The third kappa shape index (κ3) is 4.62. The van der Waals surface area contributed by atoms with Crippen molar-refractivity contribution in [2.45, 2.75) is 33.3 Å². The number of hydrogen-bond donors (Lipinski definition) is 1. The zero-order valence-electron chi connectivity index (χ0n) is 13.6. The highest BCUT2D eigenvalue weighted by Gasteiger charge is 2.06. The van der Waals surface area contributed by atoms with E-state index < -0.39 is 0 Å². The largest absolute Gasteiger partial charge is 0.497 e. The number of nitrogens with zero attached hydrogens (tertiary/aromatic N) is 2. The number of anilines is 1. The standard InChI is InChI=1S/C17H23N3O2/c1-5-14-10-17(20-13(3)19-14)18-11-12(2)22-16-8-6-15(21-4)7-9-16/h6-10,12H,5,11H2,1-4H3,(H,18,19,20). The van der Waals surface area contributed by atoms with Gasteiger partial charge in [-0.3, -0.25) is 0 Å². The van der Waals surface area contributed by atoms with Gasteiger partial charge in [-0.2, -0.15) is 0 Å². The van der Waals surface area contributed by atoms with Crippen LogP contribution in [0.25, 0.3) is 0 Å². The first-order valence-corrected chi connectivity index (χ1v) is 7.50. The van der Waals surface area contributed by atoms with Gasteiger partial charge in [-0.15, -0.1) is 0 Å². The van der Waals surface area contributed by atoms with Gasteiger partial charge in [0.25, 0.3) is 0 Å². The first kappa shape index (κ1) is 16.1. The Morgan fingerprint density at radius 2 is 1.82 bits per heavy atom.